The highest BCUT2D eigenvalue weighted by molar-refractivity contribution is 5.99. The average Bonchev–Trinajstić information content (AvgIpc) is 3.21. The van der Waals surface area contributed by atoms with Crippen LogP contribution >= 0.6 is 0 Å². The number of epoxide rings is 1. The molecule has 1 amide bonds. The van der Waals surface area contributed by atoms with Crippen molar-refractivity contribution < 1.29 is 19.1 Å². The Morgan fingerprint density at radius 2 is 2.20 bits per heavy atom. The molecule has 20 heavy (non-hydrogen) atoms. The van der Waals surface area contributed by atoms with E-state index < -0.39 is 0 Å². The zero-order valence-corrected chi connectivity index (χ0v) is 11.8. The van der Waals surface area contributed by atoms with Crippen molar-refractivity contribution in [2.75, 3.05) is 18.5 Å². The van der Waals surface area contributed by atoms with Gasteiger partial charge < -0.3 is 14.8 Å². The molecule has 1 saturated heterocycles. The summed E-state index contributed by atoms with van der Waals surface area (Å²) in [5.41, 5.74) is 1.09. The Hall–Kier alpha value is -1.88. The SMILES string of the molecule is CCCC(=O)Nc1ccc(OC[C@@H]2CO2)c(C(C)=O)c1. The topological polar surface area (TPSA) is 67.9 Å². The van der Waals surface area contributed by atoms with Crippen LogP contribution in [0.2, 0.25) is 0 Å². The second-order valence-corrected chi connectivity index (χ2v) is 4.83. The lowest BCUT2D eigenvalue weighted by molar-refractivity contribution is -0.116. The van der Waals surface area contributed by atoms with Crippen LogP contribution in [0.4, 0.5) is 5.69 Å². The lowest BCUT2D eigenvalue weighted by Gasteiger charge is -2.11. The molecule has 108 valence electrons. The summed E-state index contributed by atoms with van der Waals surface area (Å²) in [4.78, 5) is 23.2. The number of carbonyl (C=O) groups excluding carboxylic acids is 2. The first-order valence-corrected chi connectivity index (χ1v) is 6.79. The molecule has 5 nitrogen and oxygen atoms in total. The molecule has 1 aromatic carbocycles. The van der Waals surface area contributed by atoms with Gasteiger partial charge >= 0.3 is 0 Å². The average molecular weight is 277 g/mol. The minimum Gasteiger partial charge on any atom is -0.490 e. The second-order valence-electron chi connectivity index (χ2n) is 4.83. The summed E-state index contributed by atoms with van der Waals surface area (Å²) in [6.07, 6.45) is 1.39. The number of anilines is 1. The van der Waals surface area contributed by atoms with Crippen LogP contribution in [0.3, 0.4) is 0 Å². The van der Waals surface area contributed by atoms with Gasteiger partial charge in [0.15, 0.2) is 5.78 Å². The number of hydrogen-bond acceptors (Lipinski definition) is 4. The van der Waals surface area contributed by atoms with E-state index in [9.17, 15) is 9.59 Å². The molecule has 0 spiro atoms. The number of nitrogens with one attached hydrogen (secondary N) is 1. The molecule has 0 aliphatic carbocycles. The number of Topliss-reactive ketones (excluding diaryl/α,β-unsaturated/α-hetero) is 1. The van der Waals surface area contributed by atoms with Gasteiger partial charge in [-0.05, 0) is 31.5 Å². The van der Waals surface area contributed by atoms with E-state index in [1.54, 1.807) is 18.2 Å². The van der Waals surface area contributed by atoms with Gasteiger partial charge in [-0.1, -0.05) is 6.92 Å². The molecule has 1 aromatic rings. The van der Waals surface area contributed by atoms with E-state index in [4.69, 9.17) is 9.47 Å². The highest BCUT2D eigenvalue weighted by atomic mass is 16.6. The molecule has 0 saturated carbocycles. The van der Waals surface area contributed by atoms with Crippen LogP contribution in [0.15, 0.2) is 18.2 Å². The lowest BCUT2D eigenvalue weighted by Crippen LogP contribution is -2.12. The Balaban J connectivity index is 2.09. The van der Waals surface area contributed by atoms with Gasteiger partial charge in [0.2, 0.25) is 5.91 Å². The summed E-state index contributed by atoms with van der Waals surface area (Å²) in [6, 6.07) is 5.10. The van der Waals surface area contributed by atoms with Crippen LogP contribution in [0, 0.1) is 0 Å². The van der Waals surface area contributed by atoms with Gasteiger partial charge in [0.25, 0.3) is 0 Å². The van der Waals surface area contributed by atoms with Crippen LogP contribution in [0.1, 0.15) is 37.0 Å². The third-order valence-corrected chi connectivity index (χ3v) is 2.95. The normalized spacial score (nSPS) is 16.6. The van der Waals surface area contributed by atoms with Crippen LogP contribution in [-0.2, 0) is 9.53 Å². The van der Waals surface area contributed by atoms with Crippen molar-refractivity contribution in [2.24, 2.45) is 0 Å². The Kier molecular flexibility index (Phi) is 4.74. The van der Waals surface area contributed by atoms with E-state index in [1.807, 2.05) is 6.92 Å². The van der Waals surface area contributed by atoms with Crippen molar-refractivity contribution in [1.29, 1.82) is 0 Å². The zero-order chi connectivity index (χ0) is 14.5. The molecule has 1 N–H and O–H groups in total. The molecule has 5 heteroatoms. The number of rotatable bonds is 7. The van der Waals surface area contributed by atoms with Gasteiger partial charge in [-0.15, -0.1) is 0 Å². The van der Waals surface area contributed by atoms with Crippen molar-refractivity contribution in [3.05, 3.63) is 23.8 Å². The highest BCUT2D eigenvalue weighted by Gasteiger charge is 2.24. The fraction of sp³-hybridized carbons (Fsp3) is 0.467. The number of benzene rings is 1. The van der Waals surface area contributed by atoms with Gasteiger partial charge in [0.05, 0.1) is 12.2 Å². The van der Waals surface area contributed by atoms with Crippen LogP contribution in [0.5, 0.6) is 5.75 Å². The minimum absolute atomic E-state index is 0.0537. The first-order chi connectivity index (χ1) is 9.60. The van der Waals surface area contributed by atoms with Crippen LogP contribution in [0.25, 0.3) is 0 Å². The molecule has 1 heterocycles. The fourth-order valence-corrected chi connectivity index (χ4v) is 1.81. The summed E-state index contributed by atoms with van der Waals surface area (Å²) in [5, 5.41) is 2.77. The Morgan fingerprint density at radius 3 is 2.80 bits per heavy atom. The highest BCUT2D eigenvalue weighted by Crippen LogP contribution is 2.25. The summed E-state index contributed by atoms with van der Waals surface area (Å²) in [6.45, 7) is 4.58. The van der Waals surface area contributed by atoms with Gasteiger partial charge in [-0.3, -0.25) is 9.59 Å². The largest absolute Gasteiger partial charge is 0.490 e. The third kappa shape index (κ3) is 4.06. The second kappa shape index (κ2) is 6.52. The first kappa shape index (κ1) is 14.5. The summed E-state index contributed by atoms with van der Waals surface area (Å²) in [7, 11) is 0. The summed E-state index contributed by atoms with van der Waals surface area (Å²) in [5.74, 6) is 0.381. The van der Waals surface area contributed by atoms with E-state index in [0.717, 1.165) is 6.42 Å². The molecule has 1 aliphatic heterocycles. The number of carbonyl (C=O) groups is 2. The maximum atomic E-state index is 11.7. The molecule has 1 aliphatic rings. The predicted octanol–water partition coefficient (Wildman–Crippen LogP) is 2.41. The standard InChI is InChI=1S/C15H19NO4/c1-3-4-15(18)16-11-5-6-14(13(7-11)10(2)17)20-9-12-8-19-12/h5-7,12H,3-4,8-9H2,1-2H3,(H,16,18)/t12-/m0/s1. The molecular formula is C15H19NO4. The molecule has 0 radical (unpaired) electrons. The van der Waals surface area contributed by atoms with E-state index in [0.29, 0.717) is 36.6 Å². The smallest absolute Gasteiger partial charge is 0.224 e. The molecule has 2 rings (SSSR count). The molecule has 0 unspecified atom stereocenters. The fourth-order valence-electron chi connectivity index (χ4n) is 1.81. The number of hydrogen-bond donors (Lipinski definition) is 1. The maximum absolute atomic E-state index is 11.7. The Bertz CT molecular complexity index is 509. The number of ketones is 1. The van der Waals surface area contributed by atoms with Crippen molar-refractivity contribution in [3.63, 3.8) is 0 Å². The van der Waals surface area contributed by atoms with Gasteiger partial charge in [-0.25, -0.2) is 0 Å². The van der Waals surface area contributed by atoms with Crippen molar-refractivity contribution >= 4 is 17.4 Å². The lowest BCUT2D eigenvalue weighted by atomic mass is 10.1. The van der Waals surface area contributed by atoms with Gasteiger partial charge in [0, 0.05) is 12.1 Å². The Labute approximate surface area is 118 Å². The number of ether oxygens (including phenoxy) is 2. The van der Waals surface area contributed by atoms with Crippen molar-refractivity contribution in [1.82, 2.24) is 0 Å². The monoisotopic (exact) mass is 277 g/mol. The van der Waals surface area contributed by atoms with Gasteiger partial charge in [-0.2, -0.15) is 0 Å². The third-order valence-electron chi connectivity index (χ3n) is 2.95. The minimum atomic E-state index is -0.0942. The van der Waals surface area contributed by atoms with E-state index >= 15 is 0 Å². The van der Waals surface area contributed by atoms with Crippen molar-refractivity contribution in [3.8, 4) is 5.75 Å². The van der Waals surface area contributed by atoms with E-state index in [2.05, 4.69) is 5.32 Å². The molecule has 1 fully saturated rings. The molecule has 0 bridgehead atoms. The summed E-state index contributed by atoms with van der Waals surface area (Å²) >= 11 is 0. The maximum Gasteiger partial charge on any atom is 0.224 e. The quantitative estimate of drug-likeness (QED) is 0.614. The van der Waals surface area contributed by atoms with E-state index in [-0.39, 0.29) is 17.8 Å². The van der Waals surface area contributed by atoms with E-state index in [1.165, 1.54) is 6.92 Å². The molecule has 0 aromatic heterocycles. The first-order valence-electron chi connectivity index (χ1n) is 6.79. The number of amides is 1. The molecule has 1 atom stereocenters. The van der Waals surface area contributed by atoms with Crippen LogP contribution < -0.4 is 10.1 Å². The van der Waals surface area contributed by atoms with Crippen LogP contribution in [-0.4, -0.2) is 31.0 Å². The molecular weight excluding hydrogens is 258 g/mol. The predicted molar refractivity (Wildman–Crippen MR) is 75.2 cm³/mol. The summed E-state index contributed by atoms with van der Waals surface area (Å²) < 4.78 is 10.6. The van der Waals surface area contributed by atoms with Crippen molar-refractivity contribution in [2.45, 2.75) is 32.8 Å². The Morgan fingerprint density at radius 1 is 1.45 bits per heavy atom. The van der Waals surface area contributed by atoms with Gasteiger partial charge in [0.1, 0.15) is 18.5 Å². The zero-order valence-electron chi connectivity index (χ0n) is 11.8.